The van der Waals surface area contributed by atoms with Gasteiger partial charge in [0.1, 0.15) is 17.7 Å². The molecule has 0 unspecified atom stereocenters. The minimum Gasteiger partial charge on any atom is -0.444 e. The third-order valence-corrected chi connectivity index (χ3v) is 7.69. The van der Waals surface area contributed by atoms with Gasteiger partial charge in [-0.05, 0) is 82.2 Å². The molecule has 1 amide bonds. The van der Waals surface area contributed by atoms with E-state index in [1.165, 1.54) is 24.8 Å². The Labute approximate surface area is 225 Å². The number of carbonyl (C=O) groups is 1. The van der Waals surface area contributed by atoms with Crippen LogP contribution in [0.4, 0.5) is 4.79 Å². The highest BCUT2D eigenvalue weighted by Gasteiger charge is 2.37. The first-order chi connectivity index (χ1) is 18.3. The summed E-state index contributed by atoms with van der Waals surface area (Å²) in [5.41, 5.74) is 6.85. The van der Waals surface area contributed by atoms with Crippen LogP contribution in [0.15, 0.2) is 66.9 Å². The number of fused-ring (bicyclic) bond motifs is 1. The third kappa shape index (κ3) is 5.63. The van der Waals surface area contributed by atoms with Crippen molar-refractivity contribution >= 4 is 17.1 Å². The van der Waals surface area contributed by atoms with E-state index in [0.29, 0.717) is 5.92 Å². The van der Waals surface area contributed by atoms with Crippen LogP contribution in [0, 0.1) is 5.92 Å². The zero-order valence-electron chi connectivity index (χ0n) is 22.8. The average Bonchev–Trinajstić information content (AvgIpc) is 3.56. The SMILES string of the molecule is C=C=C([C@@H](NC(=O)OC(C)(C)C)C1CCCCC1)N1CCC[C@H]1c1ccnc(-n2cnc3ccccc32)c1. The number of para-hydroxylation sites is 2. The smallest absolute Gasteiger partial charge is 0.408 e. The van der Waals surface area contributed by atoms with Crippen LogP contribution in [-0.2, 0) is 4.74 Å². The number of hydrogen-bond acceptors (Lipinski definition) is 5. The van der Waals surface area contributed by atoms with Gasteiger partial charge in [-0.15, -0.1) is 5.73 Å². The maximum Gasteiger partial charge on any atom is 0.408 e. The molecule has 2 aliphatic rings. The number of ether oxygens (including phenoxy) is 1. The summed E-state index contributed by atoms with van der Waals surface area (Å²) in [5, 5.41) is 3.23. The van der Waals surface area contributed by atoms with Crippen LogP contribution < -0.4 is 5.32 Å². The van der Waals surface area contributed by atoms with Gasteiger partial charge in [0.2, 0.25) is 0 Å². The molecule has 7 nitrogen and oxygen atoms in total. The molecule has 5 rings (SSSR count). The summed E-state index contributed by atoms with van der Waals surface area (Å²) in [5.74, 6) is 1.19. The van der Waals surface area contributed by atoms with Crippen molar-refractivity contribution in [2.75, 3.05) is 6.54 Å². The predicted molar refractivity (Wildman–Crippen MR) is 150 cm³/mol. The van der Waals surface area contributed by atoms with Crippen molar-refractivity contribution in [3.8, 4) is 5.82 Å². The number of hydrogen-bond donors (Lipinski definition) is 1. The molecule has 1 saturated heterocycles. The Morgan fingerprint density at radius 1 is 1.11 bits per heavy atom. The molecule has 0 bridgehead atoms. The number of likely N-dealkylation sites (tertiary alicyclic amines) is 1. The second kappa shape index (κ2) is 11.0. The van der Waals surface area contributed by atoms with Gasteiger partial charge in [0.25, 0.3) is 0 Å². The van der Waals surface area contributed by atoms with E-state index in [1.54, 1.807) is 0 Å². The Balaban J connectivity index is 1.44. The quantitative estimate of drug-likeness (QED) is 0.371. The average molecular weight is 514 g/mol. The number of amides is 1. The summed E-state index contributed by atoms with van der Waals surface area (Å²) in [6.45, 7) is 10.7. The Hall–Kier alpha value is -3.57. The zero-order valence-corrected chi connectivity index (χ0v) is 22.8. The van der Waals surface area contributed by atoms with Crippen molar-refractivity contribution in [1.29, 1.82) is 0 Å². The fraction of sp³-hybridized carbons (Fsp3) is 0.484. The molecule has 200 valence electrons. The van der Waals surface area contributed by atoms with Crippen LogP contribution in [0.25, 0.3) is 16.9 Å². The van der Waals surface area contributed by atoms with Gasteiger partial charge >= 0.3 is 6.09 Å². The lowest BCUT2D eigenvalue weighted by Crippen LogP contribution is -2.48. The van der Waals surface area contributed by atoms with Crippen molar-refractivity contribution in [2.24, 2.45) is 5.92 Å². The molecule has 1 aromatic carbocycles. The van der Waals surface area contributed by atoms with E-state index >= 15 is 0 Å². The van der Waals surface area contributed by atoms with Crippen LogP contribution in [-0.4, -0.2) is 43.7 Å². The zero-order chi connectivity index (χ0) is 26.7. The predicted octanol–water partition coefficient (Wildman–Crippen LogP) is 6.70. The van der Waals surface area contributed by atoms with E-state index in [1.807, 2.05) is 56.1 Å². The summed E-state index contributed by atoms with van der Waals surface area (Å²) in [6, 6.07) is 12.3. The second-order valence-corrected chi connectivity index (χ2v) is 11.5. The lowest BCUT2D eigenvalue weighted by molar-refractivity contribution is 0.0477. The molecule has 1 aliphatic carbocycles. The molecule has 1 aliphatic heterocycles. The summed E-state index contributed by atoms with van der Waals surface area (Å²) < 4.78 is 7.71. The highest BCUT2D eigenvalue weighted by molar-refractivity contribution is 5.76. The van der Waals surface area contributed by atoms with Gasteiger partial charge in [-0.3, -0.25) is 4.57 Å². The number of imidazole rings is 1. The van der Waals surface area contributed by atoms with E-state index in [9.17, 15) is 4.79 Å². The molecule has 2 fully saturated rings. The number of rotatable bonds is 6. The van der Waals surface area contributed by atoms with Crippen molar-refractivity contribution in [1.82, 2.24) is 24.8 Å². The topological polar surface area (TPSA) is 72.3 Å². The summed E-state index contributed by atoms with van der Waals surface area (Å²) in [4.78, 5) is 24.6. The highest BCUT2D eigenvalue weighted by Crippen LogP contribution is 2.39. The lowest BCUT2D eigenvalue weighted by atomic mass is 9.82. The number of pyridine rings is 1. The Bertz CT molecular complexity index is 1330. The summed E-state index contributed by atoms with van der Waals surface area (Å²) >= 11 is 0. The van der Waals surface area contributed by atoms with E-state index < -0.39 is 5.60 Å². The lowest BCUT2D eigenvalue weighted by Gasteiger charge is -2.38. The number of carbonyl (C=O) groups excluding carboxylic acids is 1. The van der Waals surface area contributed by atoms with Gasteiger partial charge in [-0.2, -0.15) is 0 Å². The molecule has 2 aromatic heterocycles. The van der Waals surface area contributed by atoms with Gasteiger partial charge in [0.05, 0.1) is 28.8 Å². The molecule has 3 aromatic rings. The maximum atomic E-state index is 13.0. The van der Waals surface area contributed by atoms with Gasteiger partial charge in [-0.1, -0.05) is 38.0 Å². The fourth-order valence-electron chi connectivity index (χ4n) is 6.02. The molecule has 38 heavy (non-hydrogen) atoms. The molecule has 0 radical (unpaired) electrons. The van der Waals surface area contributed by atoms with E-state index in [0.717, 1.165) is 54.8 Å². The molecule has 1 saturated carbocycles. The minimum atomic E-state index is -0.555. The van der Waals surface area contributed by atoms with Gasteiger partial charge in [0, 0.05) is 12.7 Å². The highest BCUT2D eigenvalue weighted by atomic mass is 16.6. The van der Waals surface area contributed by atoms with Crippen molar-refractivity contribution in [3.05, 3.63) is 72.5 Å². The van der Waals surface area contributed by atoms with Gasteiger partial charge in [0.15, 0.2) is 0 Å². The third-order valence-electron chi connectivity index (χ3n) is 7.69. The largest absolute Gasteiger partial charge is 0.444 e. The monoisotopic (exact) mass is 513 g/mol. The Kier molecular flexibility index (Phi) is 7.57. The van der Waals surface area contributed by atoms with Crippen LogP contribution in [0.3, 0.4) is 0 Å². The fourth-order valence-corrected chi connectivity index (χ4v) is 6.02. The van der Waals surface area contributed by atoms with Crippen LogP contribution in [0.5, 0.6) is 0 Å². The van der Waals surface area contributed by atoms with E-state index in [-0.39, 0.29) is 18.2 Å². The van der Waals surface area contributed by atoms with Crippen molar-refractivity contribution in [2.45, 2.75) is 83.4 Å². The molecule has 3 heterocycles. The first-order valence-electron chi connectivity index (χ1n) is 13.9. The number of nitrogens with zero attached hydrogens (tertiary/aromatic N) is 4. The van der Waals surface area contributed by atoms with Crippen molar-refractivity contribution < 1.29 is 9.53 Å². The molecule has 0 spiro atoms. The first-order valence-corrected chi connectivity index (χ1v) is 13.9. The normalized spacial score (nSPS) is 19.2. The molecular formula is C31H39N5O2. The van der Waals surface area contributed by atoms with Gasteiger partial charge in [-0.25, -0.2) is 14.8 Å². The summed E-state index contributed by atoms with van der Waals surface area (Å²) in [6.07, 6.45) is 11.2. The van der Waals surface area contributed by atoms with E-state index in [4.69, 9.17) is 4.74 Å². The number of alkyl carbamates (subject to hydrolysis) is 1. The molecule has 1 N–H and O–H groups in total. The second-order valence-electron chi connectivity index (χ2n) is 11.5. The number of aromatic nitrogens is 3. The maximum absolute atomic E-state index is 13.0. The molecule has 2 atom stereocenters. The van der Waals surface area contributed by atoms with E-state index in [2.05, 4.69) is 50.7 Å². The Morgan fingerprint density at radius 2 is 1.89 bits per heavy atom. The van der Waals surface area contributed by atoms with Crippen LogP contribution in [0.1, 0.15) is 77.3 Å². The number of benzene rings is 1. The van der Waals surface area contributed by atoms with Gasteiger partial charge < -0.3 is 15.0 Å². The Morgan fingerprint density at radius 3 is 2.66 bits per heavy atom. The van der Waals surface area contributed by atoms with Crippen LogP contribution in [0.2, 0.25) is 0 Å². The molecule has 7 heteroatoms. The first kappa shape index (κ1) is 26.1. The standard InChI is InChI=1S/C31H39N5O2/c1-5-25(29(22-12-7-6-8-13-22)34-30(37)38-31(2,3)4)35-19-11-16-26(35)23-17-18-32-28(20-23)36-21-33-24-14-9-10-15-27(24)36/h9-10,14-15,17-18,20-22,26,29H,1,6-8,11-13,16,19H2,2-4H3,(H,34,37)/t26-,29-/m0/s1. The van der Waals surface area contributed by atoms with Crippen molar-refractivity contribution in [3.63, 3.8) is 0 Å². The van der Waals surface area contributed by atoms with Crippen LogP contribution >= 0.6 is 0 Å². The molecular weight excluding hydrogens is 474 g/mol. The summed E-state index contributed by atoms with van der Waals surface area (Å²) in [7, 11) is 0. The minimum absolute atomic E-state index is 0.155. The number of nitrogens with one attached hydrogen (secondary N) is 1.